The van der Waals surface area contributed by atoms with E-state index in [1.54, 1.807) is 31.3 Å². The van der Waals surface area contributed by atoms with E-state index in [-0.39, 0.29) is 16.9 Å². The molecule has 2 nitrogen and oxygen atoms in total. The van der Waals surface area contributed by atoms with Gasteiger partial charge >= 0.3 is 6.18 Å². The number of fused-ring (bicyclic) bond motifs is 1. The number of carbonyl (C=O) groups excluding carboxylic acids is 1. The molecule has 1 N–H and O–H groups in total. The molecule has 0 spiro atoms. The third-order valence-electron chi connectivity index (χ3n) is 4.91. The van der Waals surface area contributed by atoms with E-state index in [2.05, 4.69) is 5.32 Å². The molecule has 144 valence electrons. The van der Waals surface area contributed by atoms with Crippen molar-refractivity contribution in [1.82, 2.24) is 5.32 Å². The Balaban J connectivity index is 1.73. The molecule has 1 heterocycles. The maximum atomic E-state index is 14.7. The number of rotatable bonds is 3. The maximum Gasteiger partial charge on any atom is 0.416 e. The predicted molar refractivity (Wildman–Crippen MR) is 102 cm³/mol. The topological polar surface area (TPSA) is 29.1 Å². The molecule has 0 amide bonds. The van der Waals surface area contributed by atoms with E-state index in [1.807, 2.05) is 0 Å². The molecular formula is C21H15F4NOS. The van der Waals surface area contributed by atoms with Gasteiger partial charge in [0.05, 0.1) is 27.3 Å². The smallest absolute Gasteiger partial charge is 0.382 e. The van der Waals surface area contributed by atoms with E-state index in [9.17, 15) is 22.4 Å². The quantitative estimate of drug-likeness (QED) is 0.695. The largest absolute Gasteiger partial charge is 0.416 e. The molecule has 28 heavy (non-hydrogen) atoms. The summed E-state index contributed by atoms with van der Waals surface area (Å²) in [5.74, 6) is -1.54. The minimum Gasteiger partial charge on any atom is -0.382 e. The van der Waals surface area contributed by atoms with Crippen molar-refractivity contribution >= 4 is 29.2 Å². The molecule has 0 fully saturated rings. The highest BCUT2D eigenvalue weighted by molar-refractivity contribution is 8.05. The average Bonchev–Trinajstić information content (AvgIpc) is 3.16. The van der Waals surface area contributed by atoms with Crippen molar-refractivity contribution in [2.45, 2.75) is 17.3 Å². The highest BCUT2D eigenvalue weighted by Crippen LogP contribution is 2.50. The van der Waals surface area contributed by atoms with Crippen LogP contribution in [-0.2, 0) is 11.0 Å². The Morgan fingerprint density at radius 1 is 1.07 bits per heavy atom. The van der Waals surface area contributed by atoms with Gasteiger partial charge < -0.3 is 5.32 Å². The van der Waals surface area contributed by atoms with Crippen molar-refractivity contribution < 1.29 is 22.4 Å². The van der Waals surface area contributed by atoms with Crippen LogP contribution in [0.5, 0.6) is 0 Å². The van der Waals surface area contributed by atoms with E-state index in [4.69, 9.17) is 0 Å². The first-order chi connectivity index (χ1) is 13.3. The molecule has 0 bridgehead atoms. The number of allylic oxidation sites excluding steroid dienone is 2. The van der Waals surface area contributed by atoms with E-state index in [0.29, 0.717) is 10.6 Å². The summed E-state index contributed by atoms with van der Waals surface area (Å²) in [7, 11) is 1.60. The summed E-state index contributed by atoms with van der Waals surface area (Å²) in [6, 6.07) is 11.8. The summed E-state index contributed by atoms with van der Waals surface area (Å²) in [5.41, 5.74) is 0.950. The number of carbonyl (C=O) groups is 1. The Hall–Kier alpha value is -2.54. The third-order valence-corrected chi connectivity index (χ3v) is 6.29. The number of thioether (sulfide) groups is 1. The van der Waals surface area contributed by atoms with Gasteiger partial charge in [-0.25, -0.2) is 4.39 Å². The highest BCUT2D eigenvalue weighted by atomic mass is 32.2. The lowest BCUT2D eigenvalue weighted by Gasteiger charge is -2.18. The number of halogens is 4. The number of nitrogens with one attached hydrogen (secondary N) is 1. The highest BCUT2D eigenvalue weighted by Gasteiger charge is 2.44. The van der Waals surface area contributed by atoms with E-state index in [0.717, 1.165) is 29.5 Å². The number of hydrogen-bond donors (Lipinski definition) is 1. The van der Waals surface area contributed by atoms with Crippen LogP contribution in [0.25, 0.3) is 11.6 Å². The molecule has 7 heteroatoms. The van der Waals surface area contributed by atoms with Gasteiger partial charge in [0.25, 0.3) is 0 Å². The Labute approximate surface area is 163 Å². The summed E-state index contributed by atoms with van der Waals surface area (Å²) < 4.78 is 54.0. The minimum atomic E-state index is -4.51. The fraction of sp³-hybridized carbons (Fsp3) is 0.190. The van der Waals surface area contributed by atoms with Gasteiger partial charge in [0.1, 0.15) is 5.83 Å². The first kappa shape index (κ1) is 18.8. The van der Waals surface area contributed by atoms with Crippen LogP contribution in [0.1, 0.15) is 28.2 Å². The van der Waals surface area contributed by atoms with Crippen molar-refractivity contribution in [3.05, 3.63) is 81.6 Å². The Bertz CT molecular complexity index is 1030. The second-order valence-corrected chi connectivity index (χ2v) is 7.72. The van der Waals surface area contributed by atoms with E-state index in [1.165, 1.54) is 18.2 Å². The zero-order valence-electron chi connectivity index (χ0n) is 14.7. The van der Waals surface area contributed by atoms with Gasteiger partial charge in [-0.1, -0.05) is 48.2 Å². The zero-order valence-corrected chi connectivity index (χ0v) is 15.5. The molecule has 4 rings (SSSR count). The number of alkyl halides is 3. The first-order valence-electron chi connectivity index (χ1n) is 8.58. The molecule has 0 aromatic heterocycles. The van der Waals surface area contributed by atoms with Crippen LogP contribution in [0.2, 0.25) is 0 Å². The fourth-order valence-corrected chi connectivity index (χ4v) is 4.99. The molecule has 2 atom stereocenters. The number of benzene rings is 2. The van der Waals surface area contributed by atoms with Gasteiger partial charge in [-0.2, -0.15) is 13.2 Å². The van der Waals surface area contributed by atoms with Crippen LogP contribution in [-0.4, -0.2) is 18.1 Å². The summed E-state index contributed by atoms with van der Waals surface area (Å²) in [4.78, 5) is 13.2. The number of ketones is 1. The average molecular weight is 405 g/mol. The third kappa shape index (κ3) is 3.03. The van der Waals surface area contributed by atoms with Crippen LogP contribution in [0, 0.1) is 0 Å². The molecule has 0 saturated heterocycles. The van der Waals surface area contributed by atoms with E-state index < -0.39 is 28.7 Å². The first-order valence-corrected chi connectivity index (χ1v) is 9.45. The lowest BCUT2D eigenvalue weighted by Crippen LogP contribution is -2.22. The van der Waals surface area contributed by atoms with Gasteiger partial charge in [-0.05, 0) is 34.9 Å². The Morgan fingerprint density at radius 3 is 2.54 bits per heavy atom. The van der Waals surface area contributed by atoms with Crippen LogP contribution in [0.4, 0.5) is 17.6 Å². The van der Waals surface area contributed by atoms with Gasteiger partial charge in [-0.3, -0.25) is 4.79 Å². The van der Waals surface area contributed by atoms with Gasteiger partial charge in [0, 0.05) is 7.05 Å². The van der Waals surface area contributed by atoms with Crippen molar-refractivity contribution in [1.29, 1.82) is 0 Å². The molecule has 1 aliphatic carbocycles. The second kappa shape index (κ2) is 6.81. The van der Waals surface area contributed by atoms with Crippen LogP contribution in [0.3, 0.4) is 0 Å². The zero-order chi connectivity index (χ0) is 20.1. The monoisotopic (exact) mass is 405 g/mol. The minimum absolute atomic E-state index is 0.167. The van der Waals surface area contributed by atoms with Crippen LogP contribution in [0.15, 0.2) is 59.4 Å². The maximum absolute atomic E-state index is 14.7. The van der Waals surface area contributed by atoms with Crippen molar-refractivity contribution in [3.8, 4) is 0 Å². The molecule has 2 unspecified atom stereocenters. The van der Waals surface area contributed by atoms with Gasteiger partial charge in [0.2, 0.25) is 0 Å². The molecule has 0 radical (unpaired) electrons. The normalized spacial score (nSPS) is 21.8. The van der Waals surface area contributed by atoms with Crippen molar-refractivity contribution in [2.24, 2.45) is 0 Å². The number of hydrogen-bond acceptors (Lipinski definition) is 3. The standard InChI is InChI=1S/C21H15F4NOS/c1-26-20-16(12-6-4-7-13(9-12)21(23,24)25)18(27)19(28-20)17-14-8-3-2-5-11(14)10-15(17)22/h2-10,17,19,26H,1H3. The SMILES string of the molecule is CNC1=C(c2cccc(C(F)(F)F)c2)C(=O)C(C2C(F)=Cc3ccccc32)S1. The molecular weight excluding hydrogens is 390 g/mol. The molecule has 1 aliphatic heterocycles. The summed E-state index contributed by atoms with van der Waals surface area (Å²) in [6.45, 7) is 0. The lowest BCUT2D eigenvalue weighted by atomic mass is 9.90. The number of Topliss-reactive ketones (excluding diaryl/α,β-unsaturated/α-hetero) is 1. The fourth-order valence-electron chi connectivity index (χ4n) is 3.64. The lowest BCUT2D eigenvalue weighted by molar-refractivity contribution is -0.137. The van der Waals surface area contributed by atoms with Crippen LogP contribution >= 0.6 is 11.8 Å². The van der Waals surface area contributed by atoms with Crippen molar-refractivity contribution in [2.75, 3.05) is 7.05 Å². The second-order valence-electron chi connectivity index (χ2n) is 6.57. The molecule has 0 saturated carbocycles. The summed E-state index contributed by atoms with van der Waals surface area (Å²) >= 11 is 1.16. The van der Waals surface area contributed by atoms with E-state index >= 15 is 0 Å². The van der Waals surface area contributed by atoms with Crippen LogP contribution < -0.4 is 5.32 Å². The Morgan fingerprint density at radius 2 is 1.82 bits per heavy atom. The molecule has 2 aromatic rings. The summed E-state index contributed by atoms with van der Waals surface area (Å²) in [6.07, 6.45) is -3.10. The Kier molecular flexibility index (Phi) is 4.57. The van der Waals surface area contributed by atoms with Crippen molar-refractivity contribution in [3.63, 3.8) is 0 Å². The molecule has 2 aromatic carbocycles. The molecule has 2 aliphatic rings. The predicted octanol–water partition coefficient (Wildman–Crippen LogP) is 5.39. The van der Waals surface area contributed by atoms with Gasteiger partial charge in [-0.15, -0.1) is 0 Å². The summed E-state index contributed by atoms with van der Waals surface area (Å²) in [5, 5.41) is 2.57. The van der Waals surface area contributed by atoms with Gasteiger partial charge in [0.15, 0.2) is 5.78 Å².